The van der Waals surface area contributed by atoms with E-state index in [1.807, 2.05) is 6.07 Å². The molecule has 2 unspecified atom stereocenters. The van der Waals surface area contributed by atoms with Gasteiger partial charge >= 0.3 is 0 Å². The summed E-state index contributed by atoms with van der Waals surface area (Å²) < 4.78 is 11.6. The molecule has 4 nitrogen and oxygen atoms in total. The van der Waals surface area contributed by atoms with Crippen LogP contribution in [0.1, 0.15) is 51.3 Å². The molecule has 0 amide bonds. The third-order valence-corrected chi connectivity index (χ3v) is 4.40. The first kappa shape index (κ1) is 13.1. The lowest BCUT2D eigenvalue weighted by molar-refractivity contribution is -0.0337. The van der Waals surface area contributed by atoms with E-state index in [1.54, 1.807) is 0 Å². The topological polar surface area (TPSA) is 47.3 Å². The van der Waals surface area contributed by atoms with Crippen molar-refractivity contribution in [2.24, 2.45) is 0 Å². The Morgan fingerprint density at radius 2 is 1.90 bits per heavy atom. The molecule has 0 radical (unpaired) electrons. The van der Waals surface area contributed by atoms with Crippen LogP contribution in [-0.4, -0.2) is 23.2 Å². The lowest BCUT2D eigenvalue weighted by Gasteiger charge is -2.33. The first-order valence-corrected chi connectivity index (χ1v) is 8.00. The van der Waals surface area contributed by atoms with Crippen molar-refractivity contribution in [2.75, 3.05) is 5.32 Å². The van der Waals surface area contributed by atoms with Crippen molar-refractivity contribution in [3.05, 3.63) is 24.1 Å². The number of oxazole rings is 1. The summed E-state index contributed by atoms with van der Waals surface area (Å²) in [5, 5.41) is 3.63. The quantitative estimate of drug-likeness (QED) is 0.923. The number of anilines is 1. The summed E-state index contributed by atoms with van der Waals surface area (Å²) >= 11 is 0. The third-order valence-electron chi connectivity index (χ3n) is 4.40. The van der Waals surface area contributed by atoms with Crippen molar-refractivity contribution < 1.29 is 9.15 Å². The van der Waals surface area contributed by atoms with Crippen molar-refractivity contribution in [3.8, 4) is 0 Å². The Hall–Kier alpha value is -1.55. The van der Waals surface area contributed by atoms with Crippen LogP contribution in [-0.2, 0) is 4.74 Å². The second kappa shape index (κ2) is 5.02. The smallest absolute Gasteiger partial charge is 0.198 e. The first-order chi connectivity index (χ1) is 10.2. The van der Waals surface area contributed by atoms with Crippen LogP contribution in [0, 0.1) is 0 Å². The van der Waals surface area contributed by atoms with Gasteiger partial charge in [-0.3, -0.25) is 0 Å². The van der Waals surface area contributed by atoms with Gasteiger partial charge in [0.1, 0.15) is 5.52 Å². The zero-order chi connectivity index (χ0) is 14.4. The number of benzene rings is 1. The lowest BCUT2D eigenvalue weighted by Crippen LogP contribution is -2.36. The molecule has 4 heteroatoms. The Morgan fingerprint density at radius 3 is 2.62 bits per heavy atom. The third kappa shape index (κ3) is 2.77. The number of rotatable bonds is 3. The molecule has 112 valence electrons. The minimum absolute atomic E-state index is 0.323. The monoisotopic (exact) mass is 286 g/mol. The average molecular weight is 286 g/mol. The molecular formula is C17H22N2O2. The highest BCUT2D eigenvalue weighted by molar-refractivity contribution is 5.77. The number of hydrogen-bond acceptors (Lipinski definition) is 4. The summed E-state index contributed by atoms with van der Waals surface area (Å²) in [4.78, 5) is 4.63. The van der Waals surface area contributed by atoms with Crippen molar-refractivity contribution in [1.29, 1.82) is 0 Å². The van der Waals surface area contributed by atoms with E-state index < -0.39 is 0 Å². The van der Waals surface area contributed by atoms with Crippen molar-refractivity contribution in [2.45, 2.75) is 63.7 Å². The number of ether oxygens (including phenoxy) is 1. The molecule has 21 heavy (non-hydrogen) atoms. The minimum Gasteiger partial charge on any atom is -0.440 e. The van der Waals surface area contributed by atoms with Crippen LogP contribution in [0.5, 0.6) is 0 Å². The van der Waals surface area contributed by atoms with E-state index in [0.29, 0.717) is 24.2 Å². The molecule has 1 aromatic carbocycles. The summed E-state index contributed by atoms with van der Waals surface area (Å²) in [6.45, 7) is 4.29. The van der Waals surface area contributed by atoms with Crippen LogP contribution in [0.25, 0.3) is 11.1 Å². The second-order valence-corrected chi connectivity index (χ2v) is 6.58. The van der Waals surface area contributed by atoms with Gasteiger partial charge in [-0.15, -0.1) is 0 Å². The predicted octanol–water partition coefficient (Wildman–Crippen LogP) is 4.07. The lowest BCUT2D eigenvalue weighted by atomic mass is 9.99. The maximum atomic E-state index is 5.81. The maximum absolute atomic E-state index is 5.81. The minimum atomic E-state index is 0.323. The summed E-state index contributed by atoms with van der Waals surface area (Å²) in [7, 11) is 0. The van der Waals surface area contributed by atoms with E-state index >= 15 is 0 Å². The molecule has 2 atom stereocenters. The molecule has 0 spiro atoms. The molecule has 4 rings (SSSR count). The van der Waals surface area contributed by atoms with Crippen molar-refractivity contribution in [1.82, 2.24) is 4.98 Å². The van der Waals surface area contributed by atoms with Crippen LogP contribution >= 0.6 is 0 Å². The average Bonchev–Trinajstić information content (AvgIpc) is 3.18. The van der Waals surface area contributed by atoms with Crippen LogP contribution in [0.15, 0.2) is 22.6 Å². The van der Waals surface area contributed by atoms with Gasteiger partial charge in [-0.2, -0.15) is 0 Å². The molecule has 2 heterocycles. The Morgan fingerprint density at radius 1 is 1.14 bits per heavy atom. The molecule has 2 aromatic rings. The molecule has 0 bridgehead atoms. The van der Waals surface area contributed by atoms with Gasteiger partial charge in [-0.1, -0.05) is 0 Å². The zero-order valence-electron chi connectivity index (χ0n) is 12.6. The van der Waals surface area contributed by atoms with Crippen LogP contribution in [0.4, 0.5) is 5.69 Å². The maximum Gasteiger partial charge on any atom is 0.198 e. The predicted molar refractivity (Wildman–Crippen MR) is 82.6 cm³/mol. The normalized spacial score (nSPS) is 29.7. The molecular weight excluding hydrogens is 264 g/mol. The largest absolute Gasteiger partial charge is 0.440 e. The van der Waals surface area contributed by atoms with Gasteiger partial charge in [-0.25, -0.2) is 4.98 Å². The number of hydrogen-bond donors (Lipinski definition) is 1. The molecule has 1 aliphatic carbocycles. The summed E-state index contributed by atoms with van der Waals surface area (Å²) in [6, 6.07) is 6.70. The van der Waals surface area contributed by atoms with Crippen molar-refractivity contribution in [3.63, 3.8) is 0 Å². The van der Waals surface area contributed by atoms with Gasteiger partial charge in [0.2, 0.25) is 0 Å². The van der Waals surface area contributed by atoms with E-state index in [1.165, 1.54) is 12.8 Å². The van der Waals surface area contributed by atoms with E-state index in [0.717, 1.165) is 35.5 Å². The highest BCUT2D eigenvalue weighted by atomic mass is 16.5. The molecule has 1 aliphatic heterocycles. The molecule has 1 aromatic heterocycles. The second-order valence-electron chi connectivity index (χ2n) is 6.58. The molecule has 1 saturated heterocycles. The van der Waals surface area contributed by atoms with Crippen LogP contribution in [0.2, 0.25) is 0 Å². The molecule has 1 saturated carbocycles. The molecule has 1 N–H and O–H groups in total. The highest BCUT2D eigenvalue weighted by Crippen LogP contribution is 2.40. The Labute approximate surface area is 124 Å². The van der Waals surface area contributed by atoms with Gasteiger partial charge in [-0.05, 0) is 57.7 Å². The van der Waals surface area contributed by atoms with Crippen molar-refractivity contribution >= 4 is 16.8 Å². The van der Waals surface area contributed by atoms with E-state index in [4.69, 9.17) is 9.15 Å². The number of fused-ring (bicyclic) bond motifs is 1. The number of nitrogens with one attached hydrogen (secondary N) is 1. The fourth-order valence-corrected chi connectivity index (χ4v) is 3.30. The van der Waals surface area contributed by atoms with E-state index in [2.05, 4.69) is 36.3 Å². The first-order valence-electron chi connectivity index (χ1n) is 8.00. The van der Waals surface area contributed by atoms with Gasteiger partial charge in [0.15, 0.2) is 11.5 Å². The fraction of sp³-hybridized carbons (Fsp3) is 0.588. The summed E-state index contributed by atoms with van der Waals surface area (Å²) in [5.41, 5.74) is 3.00. The Kier molecular flexibility index (Phi) is 3.14. The Bertz CT molecular complexity index is 637. The summed E-state index contributed by atoms with van der Waals surface area (Å²) in [5.74, 6) is 1.47. The van der Waals surface area contributed by atoms with Gasteiger partial charge in [0.25, 0.3) is 0 Å². The van der Waals surface area contributed by atoms with Gasteiger partial charge < -0.3 is 14.5 Å². The van der Waals surface area contributed by atoms with E-state index in [9.17, 15) is 0 Å². The highest BCUT2D eigenvalue weighted by Gasteiger charge is 2.29. The SMILES string of the molecule is CC1CC(Nc2ccc3oc(C4CC4)nc3c2)CC(C)O1. The standard InChI is InChI=1S/C17H22N2O2/c1-10-7-14(8-11(2)20-10)18-13-5-6-16-15(9-13)19-17(21-16)12-3-4-12/h5-6,9-12,14,18H,3-4,7-8H2,1-2H3. The Balaban J connectivity index is 1.53. The van der Waals surface area contributed by atoms with Crippen LogP contribution in [0.3, 0.4) is 0 Å². The number of aromatic nitrogens is 1. The molecule has 2 aliphatic rings. The van der Waals surface area contributed by atoms with Gasteiger partial charge in [0.05, 0.1) is 12.2 Å². The van der Waals surface area contributed by atoms with Gasteiger partial charge in [0, 0.05) is 17.6 Å². The van der Waals surface area contributed by atoms with Crippen LogP contribution < -0.4 is 5.32 Å². The summed E-state index contributed by atoms with van der Waals surface area (Å²) in [6.07, 6.45) is 5.18. The molecule has 2 fully saturated rings. The number of nitrogens with zero attached hydrogens (tertiary/aromatic N) is 1. The van der Waals surface area contributed by atoms with E-state index in [-0.39, 0.29) is 0 Å². The zero-order valence-corrected chi connectivity index (χ0v) is 12.6. The fourth-order valence-electron chi connectivity index (χ4n) is 3.30.